The highest BCUT2D eigenvalue weighted by Crippen LogP contribution is 2.50. The molecule has 3 aromatic carbocycles. The molecule has 1 unspecified atom stereocenters. The fourth-order valence-electron chi connectivity index (χ4n) is 7.66. The van der Waals surface area contributed by atoms with Gasteiger partial charge in [-0.05, 0) is 96.1 Å². The first-order chi connectivity index (χ1) is 22.9. The summed E-state index contributed by atoms with van der Waals surface area (Å²) in [7, 11) is -2.31. The van der Waals surface area contributed by atoms with Gasteiger partial charge < -0.3 is 19.9 Å². The van der Waals surface area contributed by atoms with Gasteiger partial charge in [-0.25, -0.2) is 13.2 Å². The maximum Gasteiger partial charge on any atom is 0.318 e. The summed E-state index contributed by atoms with van der Waals surface area (Å²) in [6.07, 6.45) is 2.19. The van der Waals surface area contributed by atoms with Crippen LogP contribution in [0.2, 0.25) is 5.02 Å². The third kappa shape index (κ3) is 5.95. The molecule has 6 rings (SSSR count). The van der Waals surface area contributed by atoms with Gasteiger partial charge >= 0.3 is 6.03 Å². The van der Waals surface area contributed by atoms with Crippen LogP contribution in [-0.4, -0.2) is 94.0 Å². The van der Waals surface area contributed by atoms with E-state index in [0.717, 1.165) is 35.8 Å². The molecule has 0 bridgehead atoms. The number of rotatable bonds is 7. The number of ether oxygens (including phenoxy) is 1. The maximum atomic E-state index is 15.2. The third-order valence-electron chi connectivity index (χ3n) is 9.88. The molecule has 3 aliphatic rings. The Morgan fingerprint density at radius 2 is 1.58 bits per heavy atom. The number of sulfonamides is 1. The number of halogens is 1. The van der Waals surface area contributed by atoms with Crippen LogP contribution >= 0.6 is 11.6 Å². The van der Waals surface area contributed by atoms with Crippen molar-refractivity contribution in [3.63, 3.8) is 0 Å². The predicted octanol–water partition coefficient (Wildman–Crippen LogP) is 5.06. The Morgan fingerprint density at radius 3 is 2.23 bits per heavy atom. The number of urea groups is 1. The van der Waals surface area contributed by atoms with Crippen LogP contribution in [-0.2, 0) is 20.4 Å². The molecule has 2 fully saturated rings. The Bertz CT molecular complexity index is 1810. The number of nitrogens with one attached hydrogen (secondary N) is 1. The fraction of sp³-hybridized carbons (Fsp3) is 0.444. The molecular weight excluding hydrogens is 650 g/mol. The minimum absolute atomic E-state index is 0.0487. The van der Waals surface area contributed by atoms with Gasteiger partial charge in [0.2, 0.25) is 0 Å². The molecule has 0 spiro atoms. The van der Waals surface area contributed by atoms with Crippen LogP contribution < -0.4 is 14.4 Å². The number of para-hydroxylation sites is 1. The van der Waals surface area contributed by atoms with Crippen LogP contribution in [0, 0.1) is 20.8 Å². The predicted molar refractivity (Wildman–Crippen MR) is 187 cm³/mol. The Morgan fingerprint density at radius 1 is 0.938 bits per heavy atom. The average Bonchev–Trinajstić information content (AvgIpc) is 3.29. The van der Waals surface area contributed by atoms with Crippen molar-refractivity contribution in [2.75, 3.05) is 57.2 Å². The van der Waals surface area contributed by atoms with E-state index in [0.29, 0.717) is 66.3 Å². The van der Waals surface area contributed by atoms with Crippen LogP contribution in [0.5, 0.6) is 5.75 Å². The molecule has 2 saturated heterocycles. The Labute approximate surface area is 288 Å². The van der Waals surface area contributed by atoms with Crippen molar-refractivity contribution in [1.29, 1.82) is 0 Å². The van der Waals surface area contributed by atoms with E-state index in [2.05, 4.69) is 22.2 Å². The van der Waals surface area contributed by atoms with E-state index in [1.807, 2.05) is 13.8 Å². The second-order valence-corrected chi connectivity index (χ2v) is 15.3. The molecule has 1 atom stereocenters. The molecule has 12 heteroatoms. The standard InChI is InChI=1S/C36H44ClN5O5S/c1-6-47-32-10-8-7-9-29(32)36(38-35(44)41-19-17-40(18-20-41)28-13-15-39(5)16-14-28)30-23-27(37)11-12-31(30)42(34(36)43)48(45,46)33-25(3)21-24(2)22-26(33)4/h7-12,21-23,28H,6,13-20H2,1-5H3,(H,38,44). The zero-order valence-corrected chi connectivity index (χ0v) is 29.8. The van der Waals surface area contributed by atoms with E-state index >= 15 is 4.79 Å². The summed E-state index contributed by atoms with van der Waals surface area (Å²) in [4.78, 5) is 36.1. The van der Waals surface area contributed by atoms with Gasteiger partial charge in [-0.1, -0.05) is 47.5 Å². The van der Waals surface area contributed by atoms with E-state index < -0.39 is 27.5 Å². The number of piperazine rings is 1. The first-order valence-electron chi connectivity index (χ1n) is 16.6. The quantitative estimate of drug-likeness (QED) is 0.369. The monoisotopic (exact) mass is 693 g/mol. The van der Waals surface area contributed by atoms with Gasteiger partial charge in [-0.2, -0.15) is 4.31 Å². The van der Waals surface area contributed by atoms with E-state index in [-0.39, 0.29) is 16.1 Å². The molecule has 48 heavy (non-hydrogen) atoms. The molecule has 0 aromatic heterocycles. The van der Waals surface area contributed by atoms with Gasteiger partial charge in [0, 0.05) is 48.4 Å². The van der Waals surface area contributed by atoms with Crippen molar-refractivity contribution in [3.8, 4) is 5.75 Å². The van der Waals surface area contributed by atoms with Crippen LogP contribution in [0.25, 0.3) is 0 Å². The van der Waals surface area contributed by atoms with Crippen LogP contribution in [0.15, 0.2) is 59.5 Å². The molecule has 10 nitrogen and oxygen atoms in total. The van der Waals surface area contributed by atoms with Crippen molar-refractivity contribution in [3.05, 3.63) is 87.4 Å². The van der Waals surface area contributed by atoms with Gasteiger partial charge in [-0.3, -0.25) is 9.69 Å². The maximum absolute atomic E-state index is 15.2. The molecular formula is C36H44ClN5O5S. The van der Waals surface area contributed by atoms with Crippen LogP contribution in [0.4, 0.5) is 10.5 Å². The first-order valence-corrected chi connectivity index (χ1v) is 18.4. The summed E-state index contributed by atoms with van der Waals surface area (Å²) >= 11 is 6.58. The van der Waals surface area contributed by atoms with Gasteiger partial charge in [0.1, 0.15) is 5.75 Å². The summed E-state index contributed by atoms with van der Waals surface area (Å²) in [5.74, 6) is -0.474. The van der Waals surface area contributed by atoms with E-state index in [1.54, 1.807) is 67.3 Å². The Hall–Kier alpha value is -3.64. The summed E-state index contributed by atoms with van der Waals surface area (Å²) < 4.78 is 36.2. The molecule has 256 valence electrons. The lowest BCUT2D eigenvalue weighted by atomic mass is 9.83. The summed E-state index contributed by atoms with van der Waals surface area (Å²) in [6.45, 7) is 11.9. The number of likely N-dealkylation sites (tertiary alicyclic amines) is 1. The third-order valence-corrected chi connectivity index (χ3v) is 12.1. The highest BCUT2D eigenvalue weighted by molar-refractivity contribution is 7.93. The van der Waals surface area contributed by atoms with Crippen molar-refractivity contribution in [1.82, 2.24) is 20.0 Å². The van der Waals surface area contributed by atoms with Crippen LogP contribution in [0.3, 0.4) is 0 Å². The number of hydrogen-bond donors (Lipinski definition) is 1. The Balaban J connectivity index is 1.44. The highest BCUT2D eigenvalue weighted by atomic mass is 35.5. The number of piperidine rings is 1. The molecule has 0 aliphatic carbocycles. The largest absolute Gasteiger partial charge is 0.493 e. The second-order valence-electron chi connectivity index (χ2n) is 13.1. The molecule has 0 radical (unpaired) electrons. The number of hydrogen-bond acceptors (Lipinski definition) is 7. The van der Waals surface area contributed by atoms with E-state index in [1.165, 1.54) is 6.07 Å². The fourth-order valence-corrected chi connectivity index (χ4v) is 9.72. The smallest absolute Gasteiger partial charge is 0.318 e. The summed E-state index contributed by atoms with van der Waals surface area (Å²) in [5.41, 5.74) is 0.720. The SMILES string of the molecule is CCOc1ccccc1C1(NC(=O)N2CCN(C3CCN(C)CC3)CC2)C(=O)N(S(=O)(=O)c2c(C)cc(C)cc2C)c2ccc(Cl)cc21. The lowest BCUT2D eigenvalue weighted by molar-refractivity contribution is -0.121. The number of aryl methyl sites for hydroxylation is 3. The zero-order chi connectivity index (χ0) is 34.4. The topological polar surface area (TPSA) is 102 Å². The minimum Gasteiger partial charge on any atom is -0.493 e. The Kier molecular flexibility index (Phi) is 9.52. The summed E-state index contributed by atoms with van der Waals surface area (Å²) in [5, 5.41) is 3.36. The number of benzene rings is 3. The number of carbonyl (C=O) groups excluding carboxylic acids is 2. The summed E-state index contributed by atoms with van der Waals surface area (Å²) in [6, 6.07) is 15.2. The lowest BCUT2D eigenvalue weighted by Gasteiger charge is -2.43. The van der Waals surface area contributed by atoms with E-state index in [4.69, 9.17) is 16.3 Å². The number of fused-ring (bicyclic) bond motifs is 1. The first kappa shape index (κ1) is 34.2. The van der Waals surface area contributed by atoms with Crippen molar-refractivity contribution in [2.24, 2.45) is 0 Å². The van der Waals surface area contributed by atoms with Crippen LogP contribution in [0.1, 0.15) is 47.6 Å². The molecule has 3 aromatic rings. The van der Waals surface area contributed by atoms with Gasteiger partial charge in [0.15, 0.2) is 5.54 Å². The number of anilines is 1. The molecule has 3 heterocycles. The van der Waals surface area contributed by atoms with Crippen molar-refractivity contribution < 1.29 is 22.7 Å². The van der Waals surface area contributed by atoms with Gasteiger partial charge in [0.05, 0.1) is 17.2 Å². The van der Waals surface area contributed by atoms with Gasteiger partial charge in [0.25, 0.3) is 15.9 Å². The zero-order valence-electron chi connectivity index (χ0n) is 28.3. The normalized spacial score (nSPS) is 21.0. The van der Waals surface area contributed by atoms with Gasteiger partial charge in [-0.15, -0.1) is 0 Å². The van der Waals surface area contributed by atoms with Crippen molar-refractivity contribution in [2.45, 2.75) is 57.0 Å². The van der Waals surface area contributed by atoms with E-state index in [9.17, 15) is 13.2 Å². The van der Waals surface area contributed by atoms with Crippen molar-refractivity contribution >= 4 is 39.2 Å². The number of nitrogens with zero attached hydrogens (tertiary/aromatic N) is 4. The second kappa shape index (κ2) is 13.3. The number of carbonyl (C=O) groups is 2. The highest BCUT2D eigenvalue weighted by Gasteiger charge is 2.59. The molecule has 3 aliphatic heterocycles. The number of amides is 3. The minimum atomic E-state index is -4.46. The lowest BCUT2D eigenvalue weighted by Crippen LogP contribution is -2.61. The molecule has 3 amide bonds. The average molecular weight is 694 g/mol. The molecule has 0 saturated carbocycles. The molecule has 1 N–H and O–H groups in total.